The van der Waals surface area contributed by atoms with Gasteiger partial charge >= 0.3 is 0 Å². The first-order chi connectivity index (χ1) is 12.5. The lowest BCUT2D eigenvalue weighted by molar-refractivity contribution is 0.273. The predicted octanol–water partition coefficient (Wildman–Crippen LogP) is 2.91. The van der Waals surface area contributed by atoms with Crippen LogP contribution in [0.5, 0.6) is 5.75 Å². The smallest absolute Gasteiger partial charge is 0.166 e. The summed E-state index contributed by atoms with van der Waals surface area (Å²) in [6.07, 6.45) is 2.80. The Bertz CT molecular complexity index is 856. The molecule has 0 bridgehead atoms. The molecule has 3 rings (SSSR count). The average molecular weight is 382 g/mol. The van der Waals surface area contributed by atoms with Crippen molar-refractivity contribution < 1.29 is 22.1 Å². The summed E-state index contributed by atoms with van der Waals surface area (Å²) in [6, 6.07) is 7.39. The number of nitrogens with two attached hydrogens (primary N) is 1. The SMILES string of the molecule is NS(=O)c1cc(F)c(OCC2NCCC=C2c2ccc(F)cc2)cc1F. The standard InChI is InChI=1S/C18H17F3N2O2S/c19-12-5-3-11(4-6-12)13-2-1-7-23-16(13)10-25-17-8-15(21)18(26(22)24)9-14(17)20/h2-6,8-9,16,23H,1,7,10,22H2. The minimum atomic E-state index is -2.12. The van der Waals surface area contributed by atoms with Crippen LogP contribution in [0.4, 0.5) is 13.2 Å². The molecule has 138 valence electrons. The molecule has 2 aromatic rings. The van der Waals surface area contributed by atoms with E-state index in [1.807, 2.05) is 6.08 Å². The molecule has 4 nitrogen and oxygen atoms in total. The van der Waals surface area contributed by atoms with E-state index in [2.05, 4.69) is 5.32 Å². The lowest BCUT2D eigenvalue weighted by Gasteiger charge is -2.26. The van der Waals surface area contributed by atoms with Crippen molar-refractivity contribution >= 4 is 16.6 Å². The summed E-state index contributed by atoms with van der Waals surface area (Å²) in [4.78, 5) is -0.419. The summed E-state index contributed by atoms with van der Waals surface area (Å²) in [5.41, 5.74) is 1.73. The van der Waals surface area contributed by atoms with E-state index in [-0.39, 0.29) is 24.2 Å². The first kappa shape index (κ1) is 18.6. The molecule has 0 fully saturated rings. The number of rotatable bonds is 5. The molecular weight excluding hydrogens is 365 g/mol. The van der Waals surface area contributed by atoms with Gasteiger partial charge in [-0.15, -0.1) is 0 Å². The quantitative estimate of drug-likeness (QED) is 0.836. The highest BCUT2D eigenvalue weighted by Crippen LogP contribution is 2.26. The first-order valence-electron chi connectivity index (χ1n) is 7.93. The zero-order valence-electron chi connectivity index (χ0n) is 13.7. The molecule has 1 heterocycles. The summed E-state index contributed by atoms with van der Waals surface area (Å²) in [6.45, 7) is 0.755. The van der Waals surface area contributed by atoms with Crippen LogP contribution in [-0.4, -0.2) is 23.4 Å². The Labute approximate surface area is 151 Å². The van der Waals surface area contributed by atoms with Gasteiger partial charge in [0.2, 0.25) is 0 Å². The number of hydrogen-bond donors (Lipinski definition) is 2. The zero-order chi connectivity index (χ0) is 18.7. The van der Waals surface area contributed by atoms with Gasteiger partial charge in [0, 0.05) is 6.07 Å². The third-order valence-electron chi connectivity index (χ3n) is 4.06. The van der Waals surface area contributed by atoms with E-state index in [1.165, 1.54) is 12.1 Å². The highest BCUT2D eigenvalue weighted by molar-refractivity contribution is 7.82. The van der Waals surface area contributed by atoms with E-state index in [0.717, 1.165) is 29.7 Å². The van der Waals surface area contributed by atoms with Gasteiger partial charge in [0.15, 0.2) is 11.6 Å². The van der Waals surface area contributed by atoms with Gasteiger partial charge in [0.05, 0.1) is 10.9 Å². The Hall–Kier alpha value is -2.16. The largest absolute Gasteiger partial charge is 0.488 e. The van der Waals surface area contributed by atoms with Gasteiger partial charge in [-0.25, -0.2) is 22.5 Å². The maximum Gasteiger partial charge on any atom is 0.166 e. The topological polar surface area (TPSA) is 64.4 Å². The molecule has 0 aliphatic carbocycles. The molecule has 26 heavy (non-hydrogen) atoms. The van der Waals surface area contributed by atoms with Gasteiger partial charge in [-0.2, -0.15) is 0 Å². The molecule has 1 aliphatic heterocycles. The molecule has 0 amide bonds. The molecule has 8 heteroatoms. The summed E-state index contributed by atoms with van der Waals surface area (Å²) in [5.74, 6) is -2.36. The lowest BCUT2D eigenvalue weighted by atomic mass is 9.95. The Morgan fingerprint density at radius 1 is 1.15 bits per heavy atom. The molecule has 0 spiro atoms. The highest BCUT2D eigenvalue weighted by atomic mass is 32.2. The van der Waals surface area contributed by atoms with Crippen LogP contribution in [0.15, 0.2) is 47.4 Å². The number of nitrogens with one attached hydrogen (secondary N) is 1. The maximum atomic E-state index is 14.1. The van der Waals surface area contributed by atoms with Crippen LogP contribution in [-0.2, 0) is 11.0 Å². The molecule has 0 aromatic heterocycles. The van der Waals surface area contributed by atoms with Crippen LogP contribution in [0.2, 0.25) is 0 Å². The van der Waals surface area contributed by atoms with Crippen molar-refractivity contribution in [2.24, 2.45) is 5.14 Å². The van der Waals surface area contributed by atoms with Crippen molar-refractivity contribution in [3.8, 4) is 5.75 Å². The van der Waals surface area contributed by atoms with Crippen molar-refractivity contribution in [2.75, 3.05) is 13.2 Å². The molecule has 0 saturated carbocycles. The van der Waals surface area contributed by atoms with Crippen molar-refractivity contribution in [1.82, 2.24) is 5.32 Å². The van der Waals surface area contributed by atoms with Crippen LogP contribution in [0.1, 0.15) is 12.0 Å². The van der Waals surface area contributed by atoms with Crippen LogP contribution < -0.4 is 15.2 Å². The highest BCUT2D eigenvalue weighted by Gasteiger charge is 2.21. The Balaban J connectivity index is 1.77. The third kappa shape index (κ3) is 4.14. The summed E-state index contributed by atoms with van der Waals surface area (Å²) in [5, 5.41) is 8.34. The monoisotopic (exact) mass is 382 g/mol. The number of hydrogen-bond acceptors (Lipinski definition) is 3. The first-order valence-corrected chi connectivity index (χ1v) is 9.14. The summed E-state index contributed by atoms with van der Waals surface area (Å²) in [7, 11) is -2.12. The number of ether oxygens (including phenoxy) is 1. The second-order valence-electron chi connectivity index (χ2n) is 5.78. The molecule has 2 aromatic carbocycles. The molecular formula is C18H17F3N2O2S. The van der Waals surface area contributed by atoms with Gasteiger partial charge in [0.25, 0.3) is 0 Å². The normalized spacial score (nSPS) is 18.3. The van der Waals surface area contributed by atoms with Crippen LogP contribution >= 0.6 is 0 Å². The van der Waals surface area contributed by atoms with Gasteiger partial charge in [-0.05, 0) is 42.3 Å². The van der Waals surface area contributed by atoms with E-state index in [0.29, 0.717) is 6.54 Å². The Morgan fingerprint density at radius 2 is 1.88 bits per heavy atom. The van der Waals surface area contributed by atoms with E-state index < -0.39 is 27.5 Å². The van der Waals surface area contributed by atoms with E-state index >= 15 is 0 Å². The van der Waals surface area contributed by atoms with Crippen LogP contribution in [0.3, 0.4) is 0 Å². The summed E-state index contributed by atoms with van der Waals surface area (Å²) < 4.78 is 57.6. The maximum absolute atomic E-state index is 14.1. The fourth-order valence-electron chi connectivity index (χ4n) is 2.80. The molecule has 2 atom stereocenters. The average Bonchev–Trinajstić information content (AvgIpc) is 2.63. The summed E-state index contributed by atoms with van der Waals surface area (Å²) >= 11 is 0. The predicted molar refractivity (Wildman–Crippen MR) is 93.2 cm³/mol. The van der Waals surface area contributed by atoms with E-state index in [4.69, 9.17) is 9.88 Å². The van der Waals surface area contributed by atoms with Gasteiger partial charge in [-0.3, -0.25) is 0 Å². The van der Waals surface area contributed by atoms with Gasteiger partial charge in [0.1, 0.15) is 29.2 Å². The lowest BCUT2D eigenvalue weighted by Crippen LogP contribution is -2.38. The van der Waals surface area contributed by atoms with Crippen LogP contribution in [0.25, 0.3) is 5.57 Å². The number of benzene rings is 2. The van der Waals surface area contributed by atoms with Crippen molar-refractivity contribution in [2.45, 2.75) is 17.4 Å². The second-order valence-corrected chi connectivity index (χ2v) is 6.82. The van der Waals surface area contributed by atoms with E-state index in [1.54, 1.807) is 12.1 Å². The van der Waals surface area contributed by atoms with Crippen molar-refractivity contribution in [3.05, 3.63) is 65.5 Å². The van der Waals surface area contributed by atoms with Gasteiger partial charge < -0.3 is 10.1 Å². The minimum absolute atomic E-state index is 0.0463. The minimum Gasteiger partial charge on any atom is -0.488 e. The Kier molecular flexibility index (Phi) is 5.75. The fraction of sp³-hybridized carbons (Fsp3) is 0.222. The number of halogens is 3. The van der Waals surface area contributed by atoms with Crippen molar-refractivity contribution in [3.63, 3.8) is 0 Å². The fourth-order valence-corrected chi connectivity index (χ4v) is 3.27. The second kappa shape index (κ2) is 8.03. The van der Waals surface area contributed by atoms with Crippen LogP contribution in [0, 0.1) is 17.5 Å². The van der Waals surface area contributed by atoms with E-state index in [9.17, 15) is 17.4 Å². The molecule has 2 unspecified atom stereocenters. The molecule has 1 aliphatic rings. The molecule has 3 N–H and O–H groups in total. The molecule has 0 saturated heterocycles. The molecule has 0 radical (unpaired) electrons. The Morgan fingerprint density at radius 3 is 2.58 bits per heavy atom. The van der Waals surface area contributed by atoms with Crippen molar-refractivity contribution in [1.29, 1.82) is 0 Å². The third-order valence-corrected chi connectivity index (χ3v) is 4.81. The zero-order valence-corrected chi connectivity index (χ0v) is 14.5. The van der Waals surface area contributed by atoms with Gasteiger partial charge in [-0.1, -0.05) is 18.2 Å².